The average molecular weight is 287 g/mol. The number of nitrogens with zero attached hydrogens (tertiary/aromatic N) is 1. The Morgan fingerprint density at radius 1 is 1.33 bits per heavy atom. The lowest BCUT2D eigenvalue weighted by Crippen LogP contribution is -2.18. The maximum atomic E-state index is 11.0. The van der Waals surface area contributed by atoms with E-state index in [0.717, 1.165) is 18.4 Å². The number of carbonyl (C=O) groups is 1. The van der Waals surface area contributed by atoms with Crippen LogP contribution in [0.3, 0.4) is 0 Å². The summed E-state index contributed by atoms with van der Waals surface area (Å²) in [5.41, 5.74) is 1.50. The molecule has 0 radical (unpaired) electrons. The third-order valence-electron chi connectivity index (χ3n) is 2.55. The van der Waals surface area contributed by atoms with Crippen molar-refractivity contribution in [2.24, 2.45) is 11.1 Å². The molecule has 6 heteroatoms. The molecule has 1 N–H and O–H groups in total. The van der Waals surface area contributed by atoms with Gasteiger partial charge in [0.2, 0.25) is 0 Å². The minimum atomic E-state index is -0.596. The Kier molecular flexibility index (Phi) is 4.09. The van der Waals surface area contributed by atoms with Gasteiger partial charge >= 0.3 is 6.09 Å². The third-order valence-corrected chi connectivity index (χ3v) is 2.99. The fourth-order valence-corrected chi connectivity index (χ4v) is 2.08. The largest absolute Gasteiger partial charge is 0.433 e. The van der Waals surface area contributed by atoms with Crippen molar-refractivity contribution in [3.8, 4) is 0 Å². The zero-order chi connectivity index (χ0) is 13.1. The first-order valence-electron chi connectivity index (χ1n) is 5.53. The van der Waals surface area contributed by atoms with Crippen LogP contribution in [0, 0.1) is 5.92 Å². The van der Waals surface area contributed by atoms with E-state index in [2.05, 4.69) is 10.5 Å². The molecule has 0 heterocycles. The highest BCUT2D eigenvalue weighted by Gasteiger charge is 2.30. The number of rotatable bonds is 3. The van der Waals surface area contributed by atoms with E-state index in [1.807, 2.05) is 0 Å². The molecule has 0 aliphatic heterocycles. The van der Waals surface area contributed by atoms with Gasteiger partial charge in [0.25, 0.3) is 0 Å². The fourth-order valence-electron chi connectivity index (χ4n) is 1.56. The molecule has 2 rings (SSSR count). The van der Waals surface area contributed by atoms with Crippen molar-refractivity contribution >= 4 is 35.0 Å². The average Bonchev–Trinajstić information content (AvgIpc) is 3.12. The number of halogens is 2. The molecule has 0 saturated heterocycles. The van der Waals surface area contributed by atoms with E-state index in [0.29, 0.717) is 21.7 Å². The van der Waals surface area contributed by atoms with Crippen molar-refractivity contribution in [1.29, 1.82) is 0 Å². The number of carbonyl (C=O) groups excluding carboxylic acids is 1. The molecule has 96 valence electrons. The number of nitrogens with one attached hydrogen (secondary N) is 1. The van der Waals surface area contributed by atoms with Gasteiger partial charge in [-0.2, -0.15) is 0 Å². The van der Waals surface area contributed by atoms with Gasteiger partial charge in [-0.1, -0.05) is 28.4 Å². The molecule has 4 nitrogen and oxygen atoms in total. The van der Waals surface area contributed by atoms with Crippen LogP contribution in [0.15, 0.2) is 23.4 Å². The monoisotopic (exact) mass is 286 g/mol. The van der Waals surface area contributed by atoms with Gasteiger partial charge in [-0.3, -0.25) is 4.84 Å². The Balaban J connectivity index is 2.26. The predicted octanol–water partition coefficient (Wildman–Crippen LogP) is 3.46. The van der Waals surface area contributed by atoms with E-state index in [1.54, 1.807) is 18.2 Å². The fraction of sp³-hybridized carbons (Fsp3) is 0.333. The second-order valence-electron chi connectivity index (χ2n) is 4.04. The molecular weight excluding hydrogens is 275 g/mol. The zero-order valence-electron chi connectivity index (χ0n) is 9.74. The van der Waals surface area contributed by atoms with Gasteiger partial charge in [0.05, 0.1) is 5.71 Å². The number of hydrogen-bond acceptors (Lipinski definition) is 3. The van der Waals surface area contributed by atoms with Crippen molar-refractivity contribution < 1.29 is 9.63 Å². The Morgan fingerprint density at radius 3 is 2.44 bits per heavy atom. The zero-order valence-corrected chi connectivity index (χ0v) is 11.3. The number of benzene rings is 1. The highest BCUT2D eigenvalue weighted by atomic mass is 35.5. The Bertz CT molecular complexity index is 479. The quantitative estimate of drug-likeness (QED) is 0.526. The first-order valence-corrected chi connectivity index (χ1v) is 6.29. The summed E-state index contributed by atoms with van der Waals surface area (Å²) in [6.07, 6.45) is 1.46. The van der Waals surface area contributed by atoms with Crippen molar-refractivity contribution in [3.05, 3.63) is 33.8 Å². The molecule has 0 aromatic heterocycles. The van der Waals surface area contributed by atoms with Crippen LogP contribution in [0.2, 0.25) is 10.0 Å². The number of hydrogen-bond donors (Lipinski definition) is 1. The molecule has 0 bridgehead atoms. The molecule has 1 aliphatic carbocycles. The summed E-state index contributed by atoms with van der Waals surface area (Å²) in [7, 11) is 1.48. The first-order chi connectivity index (χ1) is 8.60. The maximum Gasteiger partial charge on any atom is 0.433 e. The van der Waals surface area contributed by atoms with E-state index in [9.17, 15) is 4.79 Å². The standard InChI is InChI=1S/C12H12Cl2N2O2/c1-15-12(17)18-16-11(7-2-3-7)8-4-9(13)6-10(14)5-8/h4-7H,2-3H2,1H3,(H,15,17)/b16-11+. The number of oxime groups is 1. The van der Waals surface area contributed by atoms with E-state index in [1.165, 1.54) is 7.05 Å². The summed E-state index contributed by atoms with van der Waals surface area (Å²) >= 11 is 11.9. The van der Waals surface area contributed by atoms with Crippen molar-refractivity contribution in [2.45, 2.75) is 12.8 Å². The third kappa shape index (κ3) is 3.37. The van der Waals surface area contributed by atoms with Crippen LogP contribution in [-0.4, -0.2) is 18.9 Å². The van der Waals surface area contributed by atoms with Crippen LogP contribution in [0.25, 0.3) is 0 Å². The lowest BCUT2D eigenvalue weighted by molar-refractivity contribution is 0.153. The maximum absolute atomic E-state index is 11.0. The van der Waals surface area contributed by atoms with Gasteiger partial charge in [0, 0.05) is 28.6 Å². The molecular formula is C12H12Cl2N2O2. The van der Waals surface area contributed by atoms with E-state index in [-0.39, 0.29) is 0 Å². The SMILES string of the molecule is CNC(=O)O/N=C(/c1cc(Cl)cc(Cl)c1)C1CC1. The molecule has 1 aliphatic rings. The second-order valence-corrected chi connectivity index (χ2v) is 4.91. The van der Waals surface area contributed by atoms with Crippen LogP contribution < -0.4 is 5.32 Å². The smallest absolute Gasteiger partial charge is 0.323 e. The van der Waals surface area contributed by atoms with Crippen LogP contribution in [0.1, 0.15) is 18.4 Å². The van der Waals surface area contributed by atoms with Crippen molar-refractivity contribution in [2.75, 3.05) is 7.05 Å². The van der Waals surface area contributed by atoms with Gasteiger partial charge < -0.3 is 5.32 Å². The van der Waals surface area contributed by atoms with Gasteiger partial charge in [0.1, 0.15) is 0 Å². The van der Waals surface area contributed by atoms with Gasteiger partial charge in [-0.15, -0.1) is 0 Å². The lowest BCUT2D eigenvalue weighted by atomic mass is 10.1. The second kappa shape index (κ2) is 5.59. The first kappa shape index (κ1) is 13.2. The Morgan fingerprint density at radius 2 is 1.94 bits per heavy atom. The Hall–Kier alpha value is -1.26. The molecule has 1 aromatic carbocycles. The minimum Gasteiger partial charge on any atom is -0.323 e. The van der Waals surface area contributed by atoms with Gasteiger partial charge in [0.15, 0.2) is 0 Å². The molecule has 0 atom stereocenters. The van der Waals surface area contributed by atoms with Gasteiger partial charge in [-0.25, -0.2) is 4.79 Å². The lowest BCUT2D eigenvalue weighted by Gasteiger charge is -2.06. The summed E-state index contributed by atoms with van der Waals surface area (Å²) in [4.78, 5) is 15.8. The Labute approximate surface area is 115 Å². The summed E-state index contributed by atoms with van der Waals surface area (Å²) in [5.74, 6) is 0.309. The number of amides is 1. The molecule has 18 heavy (non-hydrogen) atoms. The topological polar surface area (TPSA) is 50.7 Å². The molecule has 0 unspecified atom stereocenters. The summed E-state index contributed by atoms with van der Waals surface area (Å²) < 4.78 is 0. The molecule has 1 aromatic rings. The molecule has 1 amide bonds. The summed E-state index contributed by atoms with van der Waals surface area (Å²) in [5, 5.41) is 7.30. The van der Waals surface area contributed by atoms with E-state index in [4.69, 9.17) is 28.0 Å². The van der Waals surface area contributed by atoms with E-state index < -0.39 is 6.09 Å². The molecule has 1 saturated carbocycles. The van der Waals surface area contributed by atoms with Crippen LogP contribution in [-0.2, 0) is 4.84 Å². The van der Waals surface area contributed by atoms with E-state index >= 15 is 0 Å². The van der Waals surface area contributed by atoms with Crippen LogP contribution in [0.5, 0.6) is 0 Å². The highest BCUT2D eigenvalue weighted by Crippen LogP contribution is 2.34. The van der Waals surface area contributed by atoms with Crippen molar-refractivity contribution in [1.82, 2.24) is 5.32 Å². The summed E-state index contributed by atoms with van der Waals surface area (Å²) in [6, 6.07) is 5.17. The van der Waals surface area contributed by atoms with Gasteiger partial charge in [-0.05, 0) is 31.0 Å². The highest BCUT2D eigenvalue weighted by molar-refractivity contribution is 6.35. The van der Waals surface area contributed by atoms with Crippen molar-refractivity contribution in [3.63, 3.8) is 0 Å². The predicted molar refractivity (Wildman–Crippen MR) is 71.3 cm³/mol. The molecule has 0 spiro atoms. The normalized spacial score (nSPS) is 15.4. The van der Waals surface area contributed by atoms with Crippen LogP contribution in [0.4, 0.5) is 4.79 Å². The molecule has 1 fully saturated rings. The summed E-state index contributed by atoms with van der Waals surface area (Å²) in [6.45, 7) is 0. The minimum absolute atomic E-state index is 0.309. The van der Waals surface area contributed by atoms with Crippen LogP contribution >= 0.6 is 23.2 Å².